The maximum Gasteiger partial charge on any atom is 1.00 e. The van der Waals surface area contributed by atoms with Crippen molar-refractivity contribution < 1.29 is 53.9 Å². The van der Waals surface area contributed by atoms with Gasteiger partial charge < -0.3 is 30.7 Å². The number of nitrogens with zero attached hydrogens (tertiary/aromatic N) is 3. The number of carbonyl (C=O) groups is 3. The third-order valence-electron chi connectivity index (χ3n) is 5.42. The van der Waals surface area contributed by atoms with Crippen molar-refractivity contribution in [2.45, 2.75) is 61.4 Å². The van der Waals surface area contributed by atoms with Crippen molar-refractivity contribution >= 4 is 51.7 Å². The smallest absolute Gasteiger partial charge is 0.548 e. The van der Waals surface area contributed by atoms with Crippen LogP contribution in [0.15, 0.2) is 22.7 Å². The zero-order valence-electron chi connectivity index (χ0n) is 17.9. The molecule has 0 aromatic carbocycles. The number of hydrogen-bond donors (Lipinski definition) is 2. The maximum absolute atomic E-state index is 13.0. The van der Waals surface area contributed by atoms with Gasteiger partial charge in [-0.2, -0.15) is 0 Å². The third kappa shape index (κ3) is 4.69. The summed E-state index contributed by atoms with van der Waals surface area (Å²) in [5.74, 6) is -2.43. The summed E-state index contributed by atoms with van der Waals surface area (Å²) in [6.07, 6.45) is 6.36. The van der Waals surface area contributed by atoms with E-state index in [1.165, 1.54) is 16.7 Å². The number of nitrogen functional groups attached to an aromatic ring is 1. The average molecular weight is 488 g/mol. The first kappa shape index (κ1) is 25.0. The molecule has 1 aromatic rings. The van der Waals surface area contributed by atoms with Crippen molar-refractivity contribution in [3.63, 3.8) is 0 Å². The second kappa shape index (κ2) is 9.72. The molecular weight excluding hydrogens is 465 g/mol. The number of thioether (sulfide) groups is 1. The number of oxime groups is 1. The van der Waals surface area contributed by atoms with Crippen LogP contribution in [0.4, 0.5) is 5.13 Å². The van der Waals surface area contributed by atoms with E-state index in [9.17, 15) is 19.5 Å². The van der Waals surface area contributed by atoms with Crippen molar-refractivity contribution in [2.75, 3.05) is 5.73 Å². The van der Waals surface area contributed by atoms with E-state index in [1.807, 2.05) is 12.2 Å². The Morgan fingerprint density at radius 3 is 2.78 bits per heavy atom. The maximum atomic E-state index is 13.0. The van der Waals surface area contributed by atoms with E-state index in [4.69, 9.17) is 10.6 Å². The summed E-state index contributed by atoms with van der Waals surface area (Å²) in [4.78, 5) is 48.1. The number of anilines is 1. The van der Waals surface area contributed by atoms with Gasteiger partial charge in [0.1, 0.15) is 23.2 Å². The van der Waals surface area contributed by atoms with Crippen LogP contribution in [0.2, 0.25) is 0 Å². The fourth-order valence-electron chi connectivity index (χ4n) is 3.93. The van der Waals surface area contributed by atoms with Crippen molar-refractivity contribution in [2.24, 2.45) is 5.16 Å². The van der Waals surface area contributed by atoms with Crippen LogP contribution in [0, 0.1) is 0 Å². The molecule has 1 unspecified atom stereocenters. The van der Waals surface area contributed by atoms with Crippen molar-refractivity contribution in [3.05, 3.63) is 23.2 Å². The van der Waals surface area contributed by atoms with Gasteiger partial charge >= 0.3 is 29.6 Å². The van der Waals surface area contributed by atoms with Gasteiger partial charge in [-0.15, -0.1) is 23.1 Å². The van der Waals surface area contributed by atoms with Gasteiger partial charge in [0.25, 0.3) is 5.91 Å². The summed E-state index contributed by atoms with van der Waals surface area (Å²) in [6, 6.07) is -1.94. The monoisotopic (exact) mass is 487 g/mol. The van der Waals surface area contributed by atoms with Crippen LogP contribution < -0.4 is 45.7 Å². The first-order valence-electron chi connectivity index (χ1n) is 9.82. The molecular formula is C19H22N5NaO5S2. The first-order chi connectivity index (χ1) is 14.7. The van der Waals surface area contributed by atoms with E-state index in [2.05, 4.69) is 15.5 Å². The number of rotatable bonds is 6. The van der Waals surface area contributed by atoms with E-state index < -0.39 is 40.0 Å². The molecule has 166 valence electrons. The van der Waals surface area contributed by atoms with Crippen molar-refractivity contribution in [1.29, 1.82) is 0 Å². The predicted molar refractivity (Wildman–Crippen MR) is 114 cm³/mol. The van der Waals surface area contributed by atoms with E-state index in [0.29, 0.717) is 0 Å². The molecule has 2 saturated heterocycles. The van der Waals surface area contributed by atoms with Crippen LogP contribution in [-0.4, -0.2) is 61.7 Å². The van der Waals surface area contributed by atoms with Crippen LogP contribution in [0.5, 0.6) is 0 Å². The Hall–Kier alpha value is -1.60. The molecule has 2 aliphatic heterocycles. The summed E-state index contributed by atoms with van der Waals surface area (Å²) in [5, 5.41) is 19.6. The zero-order chi connectivity index (χ0) is 22.3. The standard InChI is InChI=1S/C19H23N5O5S2.Na/c1-19(2)13(17(27)28)24-15(26)12(16(24)31-19)22-14(25)11(10-8-30-18(20)21-10)23-29-9-6-4-3-5-7-9;/h4,6,8-9,12-13,16H,3,5,7H2,1-2H3,(H2,20,21)(H,22,25)(H,27,28);/q;+1/p-1/b23-11-;/t9?,12-,13-,16+;/m0./s1. The molecule has 0 bridgehead atoms. The second-order valence-electron chi connectivity index (χ2n) is 8.04. The van der Waals surface area contributed by atoms with Gasteiger partial charge in [0.2, 0.25) is 5.91 Å². The average Bonchev–Trinajstić information content (AvgIpc) is 3.25. The Bertz CT molecular complexity index is 981. The van der Waals surface area contributed by atoms with Crippen LogP contribution in [0.1, 0.15) is 38.8 Å². The molecule has 4 rings (SSSR count). The van der Waals surface area contributed by atoms with Crippen LogP contribution in [0.3, 0.4) is 0 Å². The number of aromatic nitrogens is 1. The Morgan fingerprint density at radius 1 is 1.44 bits per heavy atom. The number of β-lactam (4-membered cyclic amide) rings is 1. The van der Waals surface area contributed by atoms with Gasteiger partial charge in [-0.25, -0.2) is 4.98 Å². The Balaban J connectivity index is 0.00000289. The molecule has 3 heterocycles. The van der Waals surface area contributed by atoms with Crippen LogP contribution in [0.25, 0.3) is 0 Å². The Morgan fingerprint density at radius 2 is 2.19 bits per heavy atom. The number of carbonyl (C=O) groups excluding carboxylic acids is 3. The topological polar surface area (TPSA) is 150 Å². The molecule has 3 N–H and O–H groups in total. The molecule has 0 radical (unpaired) electrons. The van der Waals surface area contributed by atoms with E-state index in [-0.39, 0.29) is 52.2 Å². The van der Waals surface area contributed by atoms with Gasteiger partial charge in [0.05, 0.1) is 12.0 Å². The molecule has 10 nitrogen and oxygen atoms in total. The number of carboxylic acid groups (broad SMARTS) is 1. The zero-order valence-corrected chi connectivity index (χ0v) is 21.6. The summed E-state index contributed by atoms with van der Waals surface area (Å²) < 4.78 is -0.741. The minimum Gasteiger partial charge on any atom is -0.548 e. The molecule has 1 aromatic heterocycles. The molecule has 0 spiro atoms. The van der Waals surface area contributed by atoms with Gasteiger partial charge in [-0.05, 0) is 39.2 Å². The van der Waals surface area contributed by atoms with Crippen LogP contribution >= 0.6 is 23.1 Å². The number of nitrogens with two attached hydrogens (primary N) is 1. The predicted octanol–water partition coefficient (Wildman–Crippen LogP) is -3.14. The molecule has 32 heavy (non-hydrogen) atoms. The van der Waals surface area contributed by atoms with E-state index in [1.54, 1.807) is 19.2 Å². The molecule has 0 saturated carbocycles. The van der Waals surface area contributed by atoms with Gasteiger partial charge in [-0.1, -0.05) is 11.2 Å². The Labute approximate surface area is 215 Å². The Kier molecular flexibility index (Phi) is 7.60. The van der Waals surface area contributed by atoms with Crippen molar-refractivity contribution in [3.8, 4) is 0 Å². The number of amides is 2. The number of hydrogen-bond acceptors (Lipinski definition) is 10. The number of aliphatic carboxylic acids is 1. The largest absolute Gasteiger partial charge is 1.00 e. The van der Waals surface area contributed by atoms with Gasteiger partial charge in [-0.3, -0.25) is 9.59 Å². The third-order valence-corrected chi connectivity index (χ3v) is 7.67. The SMILES string of the molecule is CC1(C)S[C@@H]2[C@@H](NC(=O)/C(=N\OC3C=CCCC3)c3csc(N)n3)C(=O)N2[C@H]1C(=O)[O-].[Na+]. The summed E-state index contributed by atoms with van der Waals surface area (Å²) in [5.41, 5.74) is 5.86. The molecule has 3 aliphatic rings. The second-order valence-corrected chi connectivity index (χ2v) is 10.7. The minimum atomic E-state index is -1.31. The number of thiazole rings is 1. The fraction of sp³-hybridized carbons (Fsp3) is 0.526. The van der Waals surface area contributed by atoms with Gasteiger partial charge in [0.15, 0.2) is 10.8 Å². The molecule has 1 aliphatic carbocycles. The van der Waals surface area contributed by atoms with E-state index in [0.717, 1.165) is 30.6 Å². The minimum absolute atomic E-state index is 0. The molecule has 4 atom stereocenters. The number of fused-ring (bicyclic) bond motifs is 1. The quantitative estimate of drug-likeness (QED) is 0.141. The van der Waals surface area contributed by atoms with E-state index >= 15 is 0 Å². The van der Waals surface area contributed by atoms with Crippen LogP contribution in [-0.2, 0) is 19.2 Å². The first-order valence-corrected chi connectivity index (χ1v) is 11.6. The fourth-order valence-corrected chi connectivity index (χ4v) is 6.09. The number of allylic oxidation sites excluding steroid dienone is 1. The molecule has 13 heteroatoms. The number of carboxylic acids is 1. The summed E-state index contributed by atoms with van der Waals surface area (Å²) >= 11 is 2.47. The van der Waals surface area contributed by atoms with Crippen molar-refractivity contribution in [1.82, 2.24) is 15.2 Å². The summed E-state index contributed by atoms with van der Waals surface area (Å²) in [7, 11) is 0. The molecule has 2 amide bonds. The normalized spacial score (nSPS) is 28.4. The van der Waals surface area contributed by atoms with Gasteiger partial charge in [0, 0.05) is 10.1 Å². The number of nitrogens with one attached hydrogen (secondary N) is 1. The molecule has 2 fully saturated rings. The summed E-state index contributed by atoms with van der Waals surface area (Å²) in [6.45, 7) is 3.47.